The molecule has 0 spiro atoms. The molecule has 1 rings (SSSR count). The maximum atomic E-state index is 11.3. The third kappa shape index (κ3) is 2.03. The maximum Gasteiger partial charge on any atom is 0.168 e. The third-order valence-corrected chi connectivity index (χ3v) is 2.00. The van der Waals surface area contributed by atoms with Crippen molar-refractivity contribution >= 4 is 5.78 Å². The molecule has 0 bridgehead atoms. The van der Waals surface area contributed by atoms with Crippen molar-refractivity contribution in [3.63, 3.8) is 0 Å². The Hall–Kier alpha value is -0.450. The number of ether oxygens (including phenoxy) is 3. The highest BCUT2D eigenvalue weighted by molar-refractivity contribution is 5.82. The minimum Gasteiger partial charge on any atom is -0.380 e. The molecule has 0 N–H and O–H groups in total. The van der Waals surface area contributed by atoms with Crippen LogP contribution in [0, 0.1) is 5.92 Å². The van der Waals surface area contributed by atoms with Gasteiger partial charge < -0.3 is 14.2 Å². The molecule has 0 aromatic carbocycles. The van der Waals surface area contributed by atoms with Gasteiger partial charge in [-0.2, -0.15) is 0 Å². The second-order valence-corrected chi connectivity index (χ2v) is 2.74. The Bertz CT molecular complexity index is 153. The van der Waals surface area contributed by atoms with Crippen molar-refractivity contribution in [2.75, 3.05) is 27.4 Å². The normalized spacial score (nSPS) is 24.9. The average molecular weight is 174 g/mol. The van der Waals surface area contributed by atoms with Crippen LogP contribution in [0.1, 0.15) is 6.42 Å². The monoisotopic (exact) mass is 174 g/mol. The summed E-state index contributed by atoms with van der Waals surface area (Å²) in [5.41, 5.74) is 0. The fourth-order valence-electron chi connectivity index (χ4n) is 1.32. The molecule has 0 aliphatic carbocycles. The van der Waals surface area contributed by atoms with Crippen LogP contribution in [-0.4, -0.2) is 39.5 Å². The predicted molar refractivity (Wildman–Crippen MR) is 41.7 cm³/mol. The van der Waals surface area contributed by atoms with Gasteiger partial charge in [0.2, 0.25) is 0 Å². The highest BCUT2D eigenvalue weighted by Crippen LogP contribution is 2.16. The molecule has 4 nitrogen and oxygen atoms in total. The molecule has 70 valence electrons. The Kier molecular flexibility index (Phi) is 3.65. The summed E-state index contributed by atoms with van der Waals surface area (Å²) in [5.74, 6) is -0.0938. The summed E-state index contributed by atoms with van der Waals surface area (Å²) in [6.07, 6.45) is 0.00579. The Morgan fingerprint density at radius 1 is 1.50 bits per heavy atom. The van der Waals surface area contributed by atoms with Crippen LogP contribution >= 0.6 is 0 Å². The fourth-order valence-corrected chi connectivity index (χ4v) is 1.32. The van der Waals surface area contributed by atoms with Crippen molar-refractivity contribution in [1.82, 2.24) is 0 Å². The van der Waals surface area contributed by atoms with Gasteiger partial charge in [-0.3, -0.25) is 4.79 Å². The number of hydrogen-bond acceptors (Lipinski definition) is 4. The molecule has 1 aliphatic rings. The number of ketones is 1. The minimum absolute atomic E-state index is 0.162. The van der Waals surface area contributed by atoms with Gasteiger partial charge in [-0.1, -0.05) is 0 Å². The van der Waals surface area contributed by atoms with Crippen LogP contribution in [0.15, 0.2) is 0 Å². The van der Waals surface area contributed by atoms with E-state index in [9.17, 15) is 4.79 Å². The molecule has 0 radical (unpaired) electrons. The smallest absolute Gasteiger partial charge is 0.168 e. The van der Waals surface area contributed by atoms with E-state index in [1.54, 1.807) is 0 Å². The summed E-state index contributed by atoms with van der Waals surface area (Å²) in [7, 11) is 3.05. The van der Waals surface area contributed by atoms with Gasteiger partial charge in [0.25, 0.3) is 0 Å². The van der Waals surface area contributed by atoms with E-state index in [2.05, 4.69) is 0 Å². The predicted octanol–water partition coefficient (Wildman–Crippen LogP) is 0.211. The zero-order valence-electron chi connectivity index (χ0n) is 7.41. The Balaban J connectivity index is 2.51. The molecule has 0 aromatic rings. The number of carbonyl (C=O) groups is 1. The summed E-state index contributed by atoms with van der Waals surface area (Å²) in [6.45, 7) is 0.931. The zero-order valence-corrected chi connectivity index (χ0v) is 7.41. The molecule has 0 amide bonds. The van der Waals surface area contributed by atoms with E-state index in [1.807, 2.05) is 0 Å². The van der Waals surface area contributed by atoms with Crippen LogP contribution in [0.2, 0.25) is 0 Å². The third-order valence-electron chi connectivity index (χ3n) is 2.00. The number of carbonyl (C=O) groups excluding carboxylic acids is 1. The average Bonchev–Trinajstić information content (AvgIpc) is 2.10. The van der Waals surface area contributed by atoms with E-state index in [4.69, 9.17) is 14.2 Å². The van der Waals surface area contributed by atoms with Crippen LogP contribution in [-0.2, 0) is 19.0 Å². The van der Waals surface area contributed by atoms with Gasteiger partial charge >= 0.3 is 0 Å². The highest BCUT2D eigenvalue weighted by atomic mass is 16.7. The van der Waals surface area contributed by atoms with Crippen molar-refractivity contribution in [2.45, 2.75) is 12.7 Å². The van der Waals surface area contributed by atoms with Gasteiger partial charge in [0, 0.05) is 20.6 Å². The molecule has 1 unspecified atom stereocenters. The topological polar surface area (TPSA) is 44.8 Å². The molecule has 0 saturated carbocycles. The van der Waals surface area contributed by atoms with Crippen LogP contribution in [0.3, 0.4) is 0 Å². The number of hydrogen-bond donors (Lipinski definition) is 0. The quantitative estimate of drug-likeness (QED) is 0.574. The van der Waals surface area contributed by atoms with Gasteiger partial charge in [-0.25, -0.2) is 0 Å². The molecule has 1 saturated heterocycles. The molecular formula is C8H14O4. The lowest BCUT2D eigenvalue weighted by atomic mass is 10.0. The first-order valence-electron chi connectivity index (χ1n) is 3.95. The van der Waals surface area contributed by atoms with Crippen molar-refractivity contribution in [1.29, 1.82) is 0 Å². The van der Waals surface area contributed by atoms with Gasteiger partial charge in [0.1, 0.15) is 5.78 Å². The van der Waals surface area contributed by atoms with Crippen LogP contribution in [0.25, 0.3) is 0 Å². The number of rotatable bonds is 3. The molecule has 4 heteroatoms. The lowest BCUT2D eigenvalue weighted by Gasteiger charge is -2.26. The minimum atomic E-state index is -0.460. The second kappa shape index (κ2) is 4.54. The van der Waals surface area contributed by atoms with E-state index in [-0.39, 0.29) is 11.7 Å². The van der Waals surface area contributed by atoms with Gasteiger partial charge in [-0.15, -0.1) is 0 Å². The van der Waals surface area contributed by atoms with Crippen LogP contribution in [0.5, 0.6) is 0 Å². The largest absolute Gasteiger partial charge is 0.380 e. The van der Waals surface area contributed by atoms with E-state index in [1.165, 1.54) is 14.2 Å². The highest BCUT2D eigenvalue weighted by Gasteiger charge is 2.30. The van der Waals surface area contributed by atoms with Gasteiger partial charge in [0.05, 0.1) is 19.1 Å². The van der Waals surface area contributed by atoms with E-state index < -0.39 is 6.29 Å². The van der Waals surface area contributed by atoms with Gasteiger partial charge in [0.15, 0.2) is 6.29 Å². The lowest BCUT2D eigenvalue weighted by Crippen LogP contribution is -2.38. The fraction of sp³-hybridized carbons (Fsp3) is 0.875. The number of Topliss-reactive ketones (excluding diaryl/α,β-unsaturated/α-hetero) is 1. The standard InChI is InChI=1S/C8H14O4/c1-10-8(11-2)6-5-12-4-3-7(6)9/h6,8H,3-5H2,1-2H3. The summed E-state index contributed by atoms with van der Waals surface area (Å²) in [6, 6.07) is 0. The maximum absolute atomic E-state index is 11.3. The van der Waals surface area contributed by atoms with Gasteiger partial charge in [-0.05, 0) is 0 Å². The summed E-state index contributed by atoms with van der Waals surface area (Å²) < 4.78 is 15.1. The first kappa shape index (κ1) is 9.64. The van der Waals surface area contributed by atoms with E-state index in [0.717, 1.165) is 0 Å². The van der Waals surface area contributed by atoms with E-state index in [0.29, 0.717) is 19.6 Å². The second-order valence-electron chi connectivity index (χ2n) is 2.74. The van der Waals surface area contributed by atoms with Crippen molar-refractivity contribution < 1.29 is 19.0 Å². The lowest BCUT2D eigenvalue weighted by molar-refractivity contribution is -0.172. The number of methoxy groups -OCH3 is 2. The van der Waals surface area contributed by atoms with Crippen molar-refractivity contribution in [3.8, 4) is 0 Å². The first-order valence-corrected chi connectivity index (χ1v) is 3.95. The molecule has 0 aromatic heterocycles. The Morgan fingerprint density at radius 2 is 2.17 bits per heavy atom. The Morgan fingerprint density at radius 3 is 2.67 bits per heavy atom. The SMILES string of the molecule is COC(OC)C1COCCC1=O. The van der Waals surface area contributed by atoms with Crippen molar-refractivity contribution in [3.05, 3.63) is 0 Å². The molecule has 12 heavy (non-hydrogen) atoms. The summed E-state index contributed by atoms with van der Waals surface area (Å²) in [5, 5.41) is 0. The Labute approximate surface area is 71.8 Å². The first-order chi connectivity index (χ1) is 5.79. The molecule has 1 atom stereocenters. The zero-order chi connectivity index (χ0) is 8.97. The van der Waals surface area contributed by atoms with Crippen molar-refractivity contribution in [2.24, 2.45) is 5.92 Å². The van der Waals surface area contributed by atoms with Crippen LogP contribution < -0.4 is 0 Å². The van der Waals surface area contributed by atoms with E-state index >= 15 is 0 Å². The molecular weight excluding hydrogens is 160 g/mol. The van der Waals surface area contributed by atoms with Crippen LogP contribution in [0.4, 0.5) is 0 Å². The summed E-state index contributed by atoms with van der Waals surface area (Å²) >= 11 is 0. The molecule has 1 fully saturated rings. The summed E-state index contributed by atoms with van der Waals surface area (Å²) in [4.78, 5) is 11.3. The molecule has 1 heterocycles. The molecule has 1 aliphatic heterocycles.